The SMILES string of the molecule is CC1(C)CC1.O=CO. The summed E-state index contributed by atoms with van der Waals surface area (Å²) in [6, 6.07) is 0. The third-order valence-corrected chi connectivity index (χ3v) is 1.25. The summed E-state index contributed by atoms with van der Waals surface area (Å²) < 4.78 is 0. The van der Waals surface area contributed by atoms with Gasteiger partial charge in [-0.3, -0.25) is 4.79 Å². The first-order valence-corrected chi connectivity index (χ1v) is 2.70. The van der Waals surface area contributed by atoms with Crippen LogP contribution in [0.3, 0.4) is 0 Å². The zero-order chi connectivity index (χ0) is 6.62. The summed E-state index contributed by atoms with van der Waals surface area (Å²) in [7, 11) is 0. The van der Waals surface area contributed by atoms with Crippen LogP contribution in [0.15, 0.2) is 0 Å². The zero-order valence-corrected chi connectivity index (χ0v) is 5.35. The predicted molar refractivity (Wildman–Crippen MR) is 31.7 cm³/mol. The van der Waals surface area contributed by atoms with Gasteiger partial charge < -0.3 is 5.11 Å². The van der Waals surface area contributed by atoms with Gasteiger partial charge in [-0.1, -0.05) is 13.8 Å². The average Bonchev–Trinajstić information content (AvgIpc) is 2.22. The Morgan fingerprint density at radius 2 is 1.62 bits per heavy atom. The van der Waals surface area contributed by atoms with Gasteiger partial charge >= 0.3 is 0 Å². The molecule has 48 valence electrons. The fourth-order valence-corrected chi connectivity index (χ4v) is 0.250. The second-order valence-corrected chi connectivity index (χ2v) is 2.77. The molecule has 0 saturated heterocycles. The minimum absolute atomic E-state index is 0.250. The fraction of sp³-hybridized carbons (Fsp3) is 0.833. The molecule has 0 aliphatic heterocycles. The zero-order valence-electron chi connectivity index (χ0n) is 5.35. The Kier molecular flexibility index (Phi) is 2.52. The van der Waals surface area contributed by atoms with Crippen molar-refractivity contribution in [3.8, 4) is 0 Å². The van der Waals surface area contributed by atoms with E-state index >= 15 is 0 Å². The van der Waals surface area contributed by atoms with Gasteiger partial charge in [0.25, 0.3) is 6.47 Å². The molecule has 1 aliphatic rings. The summed E-state index contributed by atoms with van der Waals surface area (Å²) in [6.45, 7) is 4.35. The number of hydrogen-bond acceptors (Lipinski definition) is 1. The molecule has 1 fully saturated rings. The Labute approximate surface area is 49.5 Å². The summed E-state index contributed by atoms with van der Waals surface area (Å²) in [6.07, 6.45) is 2.90. The summed E-state index contributed by atoms with van der Waals surface area (Å²) in [5, 5.41) is 6.89. The molecular weight excluding hydrogens is 104 g/mol. The molecule has 0 unspecified atom stereocenters. The molecule has 0 bridgehead atoms. The number of rotatable bonds is 0. The van der Waals surface area contributed by atoms with Gasteiger partial charge in [-0.15, -0.1) is 0 Å². The highest BCUT2D eigenvalue weighted by Gasteiger charge is 2.30. The molecule has 8 heavy (non-hydrogen) atoms. The molecule has 0 aromatic rings. The van der Waals surface area contributed by atoms with Crippen LogP contribution < -0.4 is 0 Å². The molecule has 0 amide bonds. The Balaban J connectivity index is 0.000000145. The summed E-state index contributed by atoms with van der Waals surface area (Å²) >= 11 is 0. The lowest BCUT2D eigenvalue weighted by atomic mass is 10.2. The maximum absolute atomic E-state index is 8.36. The van der Waals surface area contributed by atoms with E-state index in [0.717, 1.165) is 5.41 Å². The number of carbonyl (C=O) groups is 1. The van der Waals surface area contributed by atoms with Crippen LogP contribution in [-0.2, 0) is 4.79 Å². The lowest BCUT2D eigenvalue weighted by Gasteiger charge is -1.86. The van der Waals surface area contributed by atoms with Gasteiger partial charge in [0.2, 0.25) is 0 Å². The summed E-state index contributed by atoms with van der Waals surface area (Å²) in [5.74, 6) is 0. The Morgan fingerprint density at radius 1 is 1.50 bits per heavy atom. The molecule has 0 aromatic heterocycles. The Bertz CT molecular complexity index is 70.6. The van der Waals surface area contributed by atoms with Crippen molar-refractivity contribution < 1.29 is 9.90 Å². The van der Waals surface area contributed by atoms with Crippen molar-refractivity contribution in [3.05, 3.63) is 0 Å². The normalized spacial score (nSPS) is 20.2. The van der Waals surface area contributed by atoms with E-state index in [1.807, 2.05) is 0 Å². The molecule has 0 heterocycles. The largest absolute Gasteiger partial charge is 0.483 e. The van der Waals surface area contributed by atoms with E-state index in [1.165, 1.54) is 12.8 Å². The highest BCUT2D eigenvalue weighted by molar-refractivity contribution is 5.32. The van der Waals surface area contributed by atoms with Crippen molar-refractivity contribution in [1.82, 2.24) is 0 Å². The van der Waals surface area contributed by atoms with Crippen LogP contribution in [0.25, 0.3) is 0 Å². The molecule has 2 nitrogen and oxygen atoms in total. The van der Waals surface area contributed by atoms with E-state index in [2.05, 4.69) is 13.8 Å². The van der Waals surface area contributed by atoms with Gasteiger partial charge in [-0.2, -0.15) is 0 Å². The van der Waals surface area contributed by atoms with E-state index in [4.69, 9.17) is 9.90 Å². The van der Waals surface area contributed by atoms with Crippen LogP contribution in [0, 0.1) is 5.41 Å². The van der Waals surface area contributed by atoms with Crippen LogP contribution >= 0.6 is 0 Å². The minimum Gasteiger partial charge on any atom is -0.483 e. The topological polar surface area (TPSA) is 37.3 Å². The van der Waals surface area contributed by atoms with E-state index in [9.17, 15) is 0 Å². The molecule has 1 saturated carbocycles. The highest BCUT2D eigenvalue weighted by Crippen LogP contribution is 2.43. The molecular formula is C6H12O2. The van der Waals surface area contributed by atoms with Crippen LogP contribution in [0.5, 0.6) is 0 Å². The minimum atomic E-state index is -0.250. The van der Waals surface area contributed by atoms with Crippen molar-refractivity contribution >= 4 is 6.47 Å². The molecule has 0 radical (unpaired) electrons. The average molecular weight is 116 g/mol. The maximum Gasteiger partial charge on any atom is 0.290 e. The molecule has 1 rings (SSSR count). The first-order valence-electron chi connectivity index (χ1n) is 2.70. The molecule has 1 aliphatic carbocycles. The predicted octanol–water partition coefficient (Wildman–Crippen LogP) is 1.51. The molecule has 0 spiro atoms. The van der Waals surface area contributed by atoms with E-state index in [1.54, 1.807) is 0 Å². The van der Waals surface area contributed by atoms with Crippen molar-refractivity contribution in [1.29, 1.82) is 0 Å². The van der Waals surface area contributed by atoms with Crippen molar-refractivity contribution in [2.24, 2.45) is 5.41 Å². The number of hydrogen-bond donors (Lipinski definition) is 1. The van der Waals surface area contributed by atoms with Crippen molar-refractivity contribution in [2.75, 3.05) is 0 Å². The van der Waals surface area contributed by atoms with Crippen LogP contribution in [-0.4, -0.2) is 11.6 Å². The Morgan fingerprint density at radius 3 is 1.62 bits per heavy atom. The highest BCUT2D eigenvalue weighted by atomic mass is 16.3. The molecule has 0 aromatic carbocycles. The van der Waals surface area contributed by atoms with E-state index in [0.29, 0.717) is 0 Å². The van der Waals surface area contributed by atoms with Gasteiger partial charge in [0, 0.05) is 0 Å². The van der Waals surface area contributed by atoms with Crippen LogP contribution in [0.2, 0.25) is 0 Å². The lowest BCUT2D eigenvalue weighted by Crippen LogP contribution is -1.75. The third-order valence-electron chi connectivity index (χ3n) is 1.25. The summed E-state index contributed by atoms with van der Waals surface area (Å²) in [5.41, 5.74) is 0.750. The fourth-order valence-electron chi connectivity index (χ4n) is 0.250. The monoisotopic (exact) mass is 116 g/mol. The molecule has 1 N–H and O–H groups in total. The second-order valence-electron chi connectivity index (χ2n) is 2.77. The van der Waals surface area contributed by atoms with Gasteiger partial charge in [-0.05, 0) is 18.3 Å². The first-order chi connectivity index (χ1) is 3.62. The molecule has 2 heteroatoms. The van der Waals surface area contributed by atoms with Crippen LogP contribution in [0.4, 0.5) is 0 Å². The summed E-state index contributed by atoms with van der Waals surface area (Å²) in [4.78, 5) is 8.36. The van der Waals surface area contributed by atoms with Gasteiger partial charge in [0.1, 0.15) is 0 Å². The van der Waals surface area contributed by atoms with Crippen LogP contribution in [0.1, 0.15) is 26.7 Å². The van der Waals surface area contributed by atoms with Gasteiger partial charge in [-0.25, -0.2) is 0 Å². The van der Waals surface area contributed by atoms with Crippen molar-refractivity contribution in [2.45, 2.75) is 26.7 Å². The maximum atomic E-state index is 8.36. The first kappa shape index (κ1) is 7.47. The smallest absolute Gasteiger partial charge is 0.290 e. The third kappa shape index (κ3) is 5.47. The number of carboxylic acid groups (broad SMARTS) is 1. The quantitative estimate of drug-likeness (QED) is 0.487. The lowest BCUT2D eigenvalue weighted by molar-refractivity contribution is -0.122. The van der Waals surface area contributed by atoms with E-state index in [-0.39, 0.29) is 6.47 Å². The van der Waals surface area contributed by atoms with Gasteiger partial charge in [0.15, 0.2) is 0 Å². The standard InChI is InChI=1S/C5H10.CH2O2/c1-5(2)3-4-5;2-1-3/h3-4H2,1-2H3;1H,(H,2,3). The van der Waals surface area contributed by atoms with E-state index < -0.39 is 0 Å². The second kappa shape index (κ2) is 2.70. The van der Waals surface area contributed by atoms with Gasteiger partial charge in [0.05, 0.1) is 0 Å². The van der Waals surface area contributed by atoms with Crippen molar-refractivity contribution in [3.63, 3.8) is 0 Å². The Hall–Kier alpha value is -0.530. The molecule has 0 atom stereocenters.